The number of aliphatic hydroxyl groups excluding tert-OH is 1. The van der Waals surface area contributed by atoms with Gasteiger partial charge >= 0.3 is 0 Å². The first kappa shape index (κ1) is 15.9. The van der Waals surface area contributed by atoms with Crippen molar-refractivity contribution >= 4 is 11.7 Å². The second-order valence-corrected chi connectivity index (χ2v) is 5.68. The van der Waals surface area contributed by atoms with Gasteiger partial charge in [0.1, 0.15) is 17.0 Å². The summed E-state index contributed by atoms with van der Waals surface area (Å²) in [7, 11) is 0. The number of nitrogens with zero attached hydrogens (tertiary/aromatic N) is 2. The lowest BCUT2D eigenvalue weighted by Gasteiger charge is -2.10. The molecule has 0 spiro atoms. The molecule has 1 aromatic heterocycles. The standard InChI is InChI=1S/C18H17N3O3/c1-11-9-20-14(10-19-11)17(23)15-16(22)13(21-18(15)24)8-7-12-5-3-2-4-6-12/h2-6,9-10,13,22H,7-8H2,1H3,(H,21,24). The van der Waals surface area contributed by atoms with Gasteiger partial charge in [0.05, 0.1) is 17.9 Å². The number of carbonyl (C=O) groups is 2. The molecule has 0 aliphatic carbocycles. The van der Waals surface area contributed by atoms with Crippen LogP contribution >= 0.6 is 0 Å². The minimum atomic E-state index is -0.611. The van der Waals surface area contributed by atoms with E-state index in [0.717, 1.165) is 5.56 Å². The summed E-state index contributed by atoms with van der Waals surface area (Å²) >= 11 is 0. The van der Waals surface area contributed by atoms with Gasteiger partial charge in [-0.05, 0) is 25.3 Å². The van der Waals surface area contributed by atoms with Crippen LogP contribution in [0.15, 0.2) is 54.1 Å². The minimum Gasteiger partial charge on any atom is -0.509 e. The number of amides is 1. The third kappa shape index (κ3) is 3.17. The molecule has 1 aliphatic heterocycles. The van der Waals surface area contributed by atoms with E-state index in [1.54, 1.807) is 6.92 Å². The van der Waals surface area contributed by atoms with Crippen LogP contribution < -0.4 is 5.32 Å². The lowest BCUT2D eigenvalue weighted by atomic mass is 10.0. The van der Waals surface area contributed by atoms with Gasteiger partial charge in [0.25, 0.3) is 5.91 Å². The van der Waals surface area contributed by atoms with Crippen molar-refractivity contribution in [3.05, 3.63) is 71.0 Å². The molecule has 0 saturated heterocycles. The van der Waals surface area contributed by atoms with Gasteiger partial charge in [0.2, 0.25) is 5.78 Å². The summed E-state index contributed by atoms with van der Waals surface area (Å²) in [4.78, 5) is 32.5. The van der Waals surface area contributed by atoms with Crippen molar-refractivity contribution in [2.45, 2.75) is 25.8 Å². The summed E-state index contributed by atoms with van der Waals surface area (Å²) in [5.41, 5.74) is 1.57. The van der Waals surface area contributed by atoms with Gasteiger partial charge in [-0.15, -0.1) is 0 Å². The fourth-order valence-corrected chi connectivity index (χ4v) is 2.61. The van der Waals surface area contributed by atoms with E-state index >= 15 is 0 Å². The number of ketones is 1. The second kappa shape index (κ2) is 6.62. The Morgan fingerprint density at radius 3 is 2.62 bits per heavy atom. The molecule has 2 heterocycles. The van der Waals surface area contributed by atoms with Crippen molar-refractivity contribution in [3.8, 4) is 0 Å². The smallest absolute Gasteiger partial charge is 0.259 e. The molecule has 3 rings (SSSR count). The zero-order valence-electron chi connectivity index (χ0n) is 13.2. The molecular weight excluding hydrogens is 306 g/mol. The van der Waals surface area contributed by atoms with Crippen LogP contribution in [0.2, 0.25) is 0 Å². The van der Waals surface area contributed by atoms with E-state index in [1.165, 1.54) is 12.4 Å². The van der Waals surface area contributed by atoms with Crippen molar-refractivity contribution in [1.29, 1.82) is 0 Å². The fourth-order valence-electron chi connectivity index (χ4n) is 2.61. The van der Waals surface area contributed by atoms with Crippen LogP contribution in [-0.2, 0) is 11.2 Å². The summed E-state index contributed by atoms with van der Waals surface area (Å²) in [6, 6.07) is 9.19. The van der Waals surface area contributed by atoms with Gasteiger partial charge in [-0.25, -0.2) is 4.98 Å². The summed E-state index contributed by atoms with van der Waals surface area (Å²) in [5, 5.41) is 13.0. The van der Waals surface area contributed by atoms with Crippen LogP contribution in [0.3, 0.4) is 0 Å². The first-order chi connectivity index (χ1) is 11.6. The van der Waals surface area contributed by atoms with E-state index in [4.69, 9.17) is 0 Å². The maximum Gasteiger partial charge on any atom is 0.259 e. The van der Waals surface area contributed by atoms with Crippen LogP contribution in [-0.4, -0.2) is 32.8 Å². The first-order valence-corrected chi connectivity index (χ1v) is 7.67. The monoisotopic (exact) mass is 323 g/mol. The van der Waals surface area contributed by atoms with Gasteiger partial charge in [-0.3, -0.25) is 14.6 Å². The Kier molecular flexibility index (Phi) is 4.37. The topological polar surface area (TPSA) is 92.2 Å². The van der Waals surface area contributed by atoms with Gasteiger partial charge in [0.15, 0.2) is 0 Å². The molecule has 2 aromatic rings. The molecule has 122 valence electrons. The zero-order valence-corrected chi connectivity index (χ0v) is 13.2. The second-order valence-electron chi connectivity index (χ2n) is 5.68. The van der Waals surface area contributed by atoms with E-state index < -0.39 is 17.7 Å². The molecule has 0 radical (unpaired) electrons. The molecule has 0 saturated carbocycles. The van der Waals surface area contributed by atoms with Crippen LogP contribution in [0.1, 0.15) is 28.2 Å². The molecule has 0 bridgehead atoms. The van der Waals surface area contributed by atoms with Gasteiger partial charge in [0, 0.05) is 6.20 Å². The Labute approximate surface area is 139 Å². The van der Waals surface area contributed by atoms with E-state index in [9.17, 15) is 14.7 Å². The van der Waals surface area contributed by atoms with Gasteiger partial charge < -0.3 is 10.4 Å². The third-order valence-electron chi connectivity index (χ3n) is 3.92. The molecule has 1 aliphatic rings. The lowest BCUT2D eigenvalue weighted by molar-refractivity contribution is -0.116. The molecule has 6 nitrogen and oxygen atoms in total. The normalized spacial score (nSPS) is 17.0. The number of aromatic nitrogens is 2. The molecule has 24 heavy (non-hydrogen) atoms. The molecule has 6 heteroatoms. The van der Waals surface area contributed by atoms with E-state index in [-0.39, 0.29) is 17.0 Å². The predicted molar refractivity (Wildman–Crippen MR) is 87.4 cm³/mol. The van der Waals surface area contributed by atoms with E-state index in [1.807, 2.05) is 30.3 Å². The van der Waals surface area contributed by atoms with E-state index in [0.29, 0.717) is 18.5 Å². The average Bonchev–Trinajstić information content (AvgIpc) is 2.88. The molecule has 2 N–H and O–H groups in total. The highest BCUT2D eigenvalue weighted by molar-refractivity contribution is 6.26. The Balaban J connectivity index is 1.77. The summed E-state index contributed by atoms with van der Waals surface area (Å²) in [6.45, 7) is 1.75. The maximum absolute atomic E-state index is 12.4. The largest absolute Gasteiger partial charge is 0.509 e. The number of benzene rings is 1. The number of aryl methyl sites for hydroxylation is 2. The molecule has 1 atom stereocenters. The highest BCUT2D eigenvalue weighted by Crippen LogP contribution is 2.22. The number of rotatable bonds is 5. The maximum atomic E-state index is 12.4. The SMILES string of the molecule is Cc1cnc(C(=O)C2=C(O)C(CCc3ccccc3)NC2=O)cn1. The first-order valence-electron chi connectivity index (χ1n) is 7.67. The van der Waals surface area contributed by atoms with Crippen LogP contribution in [0.25, 0.3) is 0 Å². The Morgan fingerprint density at radius 2 is 1.96 bits per heavy atom. The number of hydrogen-bond acceptors (Lipinski definition) is 5. The fraction of sp³-hybridized carbons (Fsp3) is 0.222. The number of nitrogens with one attached hydrogen (secondary N) is 1. The number of aliphatic hydroxyl groups is 1. The van der Waals surface area contributed by atoms with E-state index in [2.05, 4.69) is 15.3 Å². The number of Topliss-reactive ketones (excluding diaryl/α,β-unsaturated/α-hetero) is 1. The molecule has 1 unspecified atom stereocenters. The van der Waals surface area contributed by atoms with Crippen molar-refractivity contribution in [3.63, 3.8) is 0 Å². The number of hydrogen-bond donors (Lipinski definition) is 2. The van der Waals surface area contributed by atoms with Crippen molar-refractivity contribution < 1.29 is 14.7 Å². The molecule has 0 fully saturated rings. The molecule has 1 aromatic carbocycles. The van der Waals surface area contributed by atoms with Gasteiger partial charge in [-0.2, -0.15) is 0 Å². The third-order valence-corrected chi connectivity index (χ3v) is 3.92. The Hall–Kier alpha value is -3.02. The van der Waals surface area contributed by atoms with Crippen molar-refractivity contribution in [1.82, 2.24) is 15.3 Å². The zero-order chi connectivity index (χ0) is 17.1. The van der Waals surface area contributed by atoms with Crippen molar-refractivity contribution in [2.75, 3.05) is 0 Å². The van der Waals surface area contributed by atoms with Crippen LogP contribution in [0.4, 0.5) is 0 Å². The van der Waals surface area contributed by atoms with Gasteiger partial charge in [-0.1, -0.05) is 30.3 Å². The molecular formula is C18H17N3O3. The highest BCUT2D eigenvalue weighted by Gasteiger charge is 2.36. The summed E-state index contributed by atoms with van der Waals surface area (Å²) in [6.07, 6.45) is 3.95. The predicted octanol–water partition coefficient (Wildman–Crippen LogP) is 1.91. The Bertz CT molecular complexity index is 798. The minimum absolute atomic E-state index is 0.0426. The van der Waals surface area contributed by atoms with Crippen LogP contribution in [0, 0.1) is 6.92 Å². The Morgan fingerprint density at radius 1 is 1.21 bits per heavy atom. The van der Waals surface area contributed by atoms with Crippen molar-refractivity contribution in [2.24, 2.45) is 0 Å². The number of carbonyl (C=O) groups excluding carboxylic acids is 2. The van der Waals surface area contributed by atoms with Crippen LogP contribution in [0.5, 0.6) is 0 Å². The summed E-state index contributed by atoms with van der Waals surface area (Å²) in [5.74, 6) is -1.40. The highest BCUT2D eigenvalue weighted by atomic mass is 16.3. The summed E-state index contributed by atoms with van der Waals surface area (Å²) < 4.78 is 0. The average molecular weight is 323 g/mol. The quantitative estimate of drug-likeness (QED) is 0.648. The molecule has 1 amide bonds. The lowest BCUT2D eigenvalue weighted by Crippen LogP contribution is -2.30.